The maximum atomic E-state index is 10.2. The smallest absolute Gasteiger partial charge is 0.114 e. The summed E-state index contributed by atoms with van der Waals surface area (Å²) in [6.45, 7) is 2.05. The Hall–Kier alpha value is -2.11. The van der Waals surface area contributed by atoms with Crippen molar-refractivity contribution in [3.8, 4) is 21.7 Å². The normalized spacial score (nSPS) is 15.8. The maximum absolute atomic E-state index is 10.2. The van der Waals surface area contributed by atoms with Crippen LogP contribution in [0.3, 0.4) is 0 Å². The van der Waals surface area contributed by atoms with Crippen molar-refractivity contribution in [1.82, 2.24) is 15.3 Å². The summed E-state index contributed by atoms with van der Waals surface area (Å²) in [5.74, 6) is 0.465. The molecule has 3 aromatic rings. The van der Waals surface area contributed by atoms with Gasteiger partial charge in [0.2, 0.25) is 0 Å². The minimum Gasteiger partial charge on any atom is -0.411 e. The van der Waals surface area contributed by atoms with Crippen LogP contribution in [0.15, 0.2) is 48.0 Å². The molecule has 1 aliphatic heterocycles. The Bertz CT molecular complexity index is 788. The fourth-order valence-electron chi connectivity index (χ4n) is 3.28. The van der Waals surface area contributed by atoms with Crippen molar-refractivity contribution in [3.63, 3.8) is 0 Å². The van der Waals surface area contributed by atoms with Gasteiger partial charge in [-0.1, -0.05) is 30.3 Å². The molecule has 5 heteroatoms. The Morgan fingerprint density at radius 2 is 1.91 bits per heavy atom. The van der Waals surface area contributed by atoms with Crippen LogP contribution in [0.4, 0.5) is 0 Å². The van der Waals surface area contributed by atoms with Crippen molar-refractivity contribution < 1.29 is 5.21 Å². The van der Waals surface area contributed by atoms with Crippen molar-refractivity contribution >= 4 is 11.3 Å². The van der Waals surface area contributed by atoms with Gasteiger partial charge in [0.05, 0.1) is 6.20 Å². The number of hydrogen-bond donors (Lipinski definition) is 2. The van der Waals surface area contributed by atoms with E-state index < -0.39 is 0 Å². The van der Waals surface area contributed by atoms with Crippen LogP contribution in [0.2, 0.25) is 0 Å². The van der Waals surface area contributed by atoms with E-state index in [4.69, 9.17) is 0 Å². The molecule has 0 atom stereocenters. The molecule has 1 saturated heterocycles. The SMILES string of the molecule is On1ncc(C2CCNCC2)c1-c1csc(-c2ccccc2)c1. The van der Waals surface area contributed by atoms with E-state index in [9.17, 15) is 5.21 Å². The van der Waals surface area contributed by atoms with Crippen molar-refractivity contribution in [2.45, 2.75) is 18.8 Å². The molecule has 0 amide bonds. The molecule has 1 aromatic carbocycles. The first-order chi connectivity index (χ1) is 11.3. The first-order valence-electron chi connectivity index (χ1n) is 7.95. The van der Waals surface area contributed by atoms with Gasteiger partial charge in [0.15, 0.2) is 0 Å². The summed E-state index contributed by atoms with van der Waals surface area (Å²) in [5.41, 5.74) is 4.25. The molecule has 1 aliphatic rings. The number of nitrogens with one attached hydrogen (secondary N) is 1. The molecule has 0 aliphatic carbocycles. The molecule has 118 valence electrons. The quantitative estimate of drug-likeness (QED) is 0.716. The summed E-state index contributed by atoms with van der Waals surface area (Å²) in [4.78, 5) is 2.24. The van der Waals surface area contributed by atoms with Gasteiger partial charge in [-0.2, -0.15) is 0 Å². The lowest BCUT2D eigenvalue weighted by Crippen LogP contribution is -2.26. The molecule has 2 aromatic heterocycles. The lowest BCUT2D eigenvalue weighted by Gasteiger charge is -2.22. The summed E-state index contributed by atoms with van der Waals surface area (Å²) in [6, 6.07) is 12.5. The number of aromatic nitrogens is 2. The van der Waals surface area contributed by atoms with Gasteiger partial charge in [0, 0.05) is 21.4 Å². The second-order valence-corrected chi connectivity index (χ2v) is 6.84. The van der Waals surface area contributed by atoms with Gasteiger partial charge in [-0.25, -0.2) is 0 Å². The van der Waals surface area contributed by atoms with Gasteiger partial charge in [0.1, 0.15) is 5.69 Å². The standard InChI is InChI=1S/C18H19N3OS/c22-21-18(16(11-20-21)13-6-8-19-9-7-13)15-10-17(23-12-15)14-4-2-1-3-5-14/h1-5,10-13,19,22H,6-9H2. The Morgan fingerprint density at radius 1 is 1.13 bits per heavy atom. The molecule has 4 rings (SSSR count). The highest BCUT2D eigenvalue weighted by molar-refractivity contribution is 7.14. The molecular formula is C18H19N3OS. The number of thiophene rings is 1. The van der Waals surface area contributed by atoms with Crippen LogP contribution in [0, 0.1) is 0 Å². The van der Waals surface area contributed by atoms with Crippen LogP contribution >= 0.6 is 11.3 Å². The van der Waals surface area contributed by atoms with Crippen molar-refractivity contribution in [2.75, 3.05) is 13.1 Å². The second kappa shape index (κ2) is 6.18. The first-order valence-corrected chi connectivity index (χ1v) is 8.83. The van der Waals surface area contributed by atoms with E-state index in [2.05, 4.69) is 34.0 Å². The number of piperidine rings is 1. The Labute approximate surface area is 139 Å². The minimum atomic E-state index is 0.465. The van der Waals surface area contributed by atoms with E-state index in [1.807, 2.05) is 24.4 Å². The van der Waals surface area contributed by atoms with Gasteiger partial charge in [-0.3, -0.25) is 0 Å². The molecule has 2 N–H and O–H groups in total. The highest BCUT2D eigenvalue weighted by atomic mass is 32.1. The third kappa shape index (κ3) is 2.78. The first kappa shape index (κ1) is 14.5. The summed E-state index contributed by atoms with van der Waals surface area (Å²) in [6.07, 6.45) is 4.01. The molecule has 3 heterocycles. The Morgan fingerprint density at radius 3 is 2.70 bits per heavy atom. The summed E-state index contributed by atoms with van der Waals surface area (Å²) in [7, 11) is 0. The largest absolute Gasteiger partial charge is 0.411 e. The number of nitrogens with zero attached hydrogens (tertiary/aromatic N) is 2. The van der Waals surface area contributed by atoms with E-state index in [1.54, 1.807) is 11.3 Å². The lowest BCUT2D eigenvalue weighted by atomic mass is 9.89. The van der Waals surface area contributed by atoms with Gasteiger partial charge in [-0.15, -0.1) is 21.3 Å². The molecule has 1 fully saturated rings. The monoisotopic (exact) mass is 325 g/mol. The van der Waals surface area contributed by atoms with E-state index in [-0.39, 0.29) is 0 Å². The topological polar surface area (TPSA) is 50.1 Å². The molecule has 4 nitrogen and oxygen atoms in total. The zero-order valence-corrected chi connectivity index (χ0v) is 13.6. The van der Waals surface area contributed by atoms with E-state index >= 15 is 0 Å². The zero-order chi connectivity index (χ0) is 15.6. The highest BCUT2D eigenvalue weighted by Crippen LogP contribution is 2.37. The van der Waals surface area contributed by atoms with Crippen molar-refractivity contribution in [2.24, 2.45) is 0 Å². The number of rotatable bonds is 3. The molecule has 0 saturated carbocycles. The predicted octanol–water partition coefficient (Wildman–Crippen LogP) is 3.98. The third-order valence-corrected chi connectivity index (χ3v) is 5.47. The van der Waals surface area contributed by atoms with E-state index in [0.717, 1.165) is 47.6 Å². The fourth-order valence-corrected chi connectivity index (χ4v) is 4.18. The average Bonchev–Trinajstić information content (AvgIpc) is 3.23. The predicted molar refractivity (Wildman–Crippen MR) is 93.0 cm³/mol. The van der Waals surface area contributed by atoms with Crippen LogP contribution in [-0.2, 0) is 0 Å². The molecular weight excluding hydrogens is 306 g/mol. The number of hydrogen-bond acceptors (Lipinski definition) is 4. The van der Waals surface area contributed by atoms with Crippen LogP contribution < -0.4 is 5.32 Å². The van der Waals surface area contributed by atoms with E-state index in [1.165, 1.54) is 10.4 Å². The molecule has 0 radical (unpaired) electrons. The van der Waals surface area contributed by atoms with Gasteiger partial charge < -0.3 is 10.5 Å². The van der Waals surface area contributed by atoms with Gasteiger partial charge in [-0.05, 0) is 43.5 Å². The lowest BCUT2D eigenvalue weighted by molar-refractivity contribution is 0.153. The zero-order valence-electron chi connectivity index (χ0n) is 12.8. The third-order valence-electron chi connectivity index (χ3n) is 4.49. The van der Waals surface area contributed by atoms with Crippen LogP contribution in [0.25, 0.3) is 21.7 Å². The molecule has 0 spiro atoms. The van der Waals surface area contributed by atoms with Crippen molar-refractivity contribution in [3.05, 3.63) is 53.5 Å². The second-order valence-electron chi connectivity index (χ2n) is 5.93. The van der Waals surface area contributed by atoms with E-state index in [0.29, 0.717) is 5.92 Å². The average molecular weight is 325 g/mol. The van der Waals surface area contributed by atoms with Crippen LogP contribution in [0.1, 0.15) is 24.3 Å². The Balaban J connectivity index is 1.71. The maximum Gasteiger partial charge on any atom is 0.114 e. The minimum absolute atomic E-state index is 0.465. The number of benzene rings is 1. The summed E-state index contributed by atoms with van der Waals surface area (Å²) < 4.78 is 0. The van der Waals surface area contributed by atoms with Gasteiger partial charge in [0.25, 0.3) is 0 Å². The van der Waals surface area contributed by atoms with Gasteiger partial charge >= 0.3 is 0 Å². The summed E-state index contributed by atoms with van der Waals surface area (Å²) >= 11 is 1.70. The summed E-state index contributed by atoms with van der Waals surface area (Å²) in [5, 5.41) is 19.8. The Kier molecular flexibility index (Phi) is 3.89. The molecule has 0 unspecified atom stereocenters. The van der Waals surface area contributed by atoms with Crippen LogP contribution in [-0.4, -0.2) is 28.2 Å². The molecule has 0 bridgehead atoms. The van der Waals surface area contributed by atoms with Crippen LogP contribution in [0.5, 0.6) is 0 Å². The van der Waals surface area contributed by atoms with Crippen molar-refractivity contribution in [1.29, 1.82) is 0 Å². The highest BCUT2D eigenvalue weighted by Gasteiger charge is 2.23. The fraction of sp³-hybridized carbons (Fsp3) is 0.278. The molecule has 23 heavy (non-hydrogen) atoms.